The van der Waals surface area contributed by atoms with Crippen LogP contribution in [0.1, 0.15) is 18.4 Å². The third kappa shape index (κ3) is 4.73. The van der Waals surface area contributed by atoms with E-state index in [4.69, 9.17) is 0 Å². The van der Waals surface area contributed by atoms with E-state index in [0.29, 0.717) is 0 Å². The van der Waals surface area contributed by atoms with Gasteiger partial charge in [0.1, 0.15) is 0 Å². The second kappa shape index (κ2) is 7.56. The normalized spacial score (nSPS) is 17.8. The highest BCUT2D eigenvalue weighted by Crippen LogP contribution is 2.14. The molecule has 0 spiro atoms. The van der Waals surface area contributed by atoms with Gasteiger partial charge in [0.2, 0.25) is 0 Å². The van der Waals surface area contributed by atoms with E-state index >= 15 is 0 Å². The highest BCUT2D eigenvalue weighted by Gasteiger charge is 2.17. The zero-order valence-electron chi connectivity index (χ0n) is 10.2. The Morgan fingerprint density at radius 3 is 2.35 bits per heavy atom. The number of likely N-dealkylation sites (tertiary alicyclic amines) is 1. The molecule has 4 heteroatoms. The van der Waals surface area contributed by atoms with Crippen LogP contribution in [-0.2, 0) is 6.54 Å². The lowest BCUT2D eigenvalue weighted by atomic mass is 10.0. The van der Waals surface area contributed by atoms with E-state index in [2.05, 4.69) is 64.1 Å². The SMILES string of the molecule is CNC1CCN(Cc2ccc(I)cc2)CC1.Cl. The molecule has 17 heavy (non-hydrogen) atoms. The van der Waals surface area contributed by atoms with Crippen molar-refractivity contribution in [3.05, 3.63) is 33.4 Å². The molecule has 0 bridgehead atoms. The van der Waals surface area contributed by atoms with Gasteiger partial charge in [-0.2, -0.15) is 0 Å². The molecule has 0 aliphatic carbocycles. The fourth-order valence-corrected chi connectivity index (χ4v) is 2.59. The summed E-state index contributed by atoms with van der Waals surface area (Å²) < 4.78 is 1.32. The van der Waals surface area contributed by atoms with Gasteiger partial charge in [0.05, 0.1) is 0 Å². The molecule has 0 amide bonds. The molecule has 1 N–H and O–H groups in total. The van der Waals surface area contributed by atoms with E-state index in [1.165, 1.54) is 35.1 Å². The lowest BCUT2D eigenvalue weighted by molar-refractivity contribution is 0.194. The topological polar surface area (TPSA) is 15.3 Å². The first-order valence-electron chi connectivity index (χ1n) is 5.92. The van der Waals surface area contributed by atoms with Crippen LogP contribution in [0.5, 0.6) is 0 Å². The van der Waals surface area contributed by atoms with Crippen molar-refractivity contribution in [3.63, 3.8) is 0 Å². The fraction of sp³-hybridized carbons (Fsp3) is 0.538. The first-order valence-corrected chi connectivity index (χ1v) is 7.00. The summed E-state index contributed by atoms with van der Waals surface area (Å²) in [6.45, 7) is 3.54. The fourth-order valence-electron chi connectivity index (χ4n) is 2.23. The maximum Gasteiger partial charge on any atom is 0.0233 e. The highest BCUT2D eigenvalue weighted by atomic mass is 127. The summed E-state index contributed by atoms with van der Waals surface area (Å²) in [6.07, 6.45) is 2.56. The van der Waals surface area contributed by atoms with E-state index < -0.39 is 0 Å². The van der Waals surface area contributed by atoms with Gasteiger partial charge in [0.25, 0.3) is 0 Å². The van der Waals surface area contributed by atoms with Crippen molar-refractivity contribution in [2.24, 2.45) is 0 Å². The van der Waals surface area contributed by atoms with Gasteiger partial charge < -0.3 is 5.32 Å². The van der Waals surface area contributed by atoms with Crippen LogP contribution in [0.4, 0.5) is 0 Å². The van der Waals surface area contributed by atoms with Crippen molar-refractivity contribution in [2.45, 2.75) is 25.4 Å². The molecule has 1 aromatic carbocycles. The smallest absolute Gasteiger partial charge is 0.0233 e. The monoisotopic (exact) mass is 366 g/mol. The van der Waals surface area contributed by atoms with Crippen LogP contribution in [0.2, 0.25) is 0 Å². The lowest BCUT2D eigenvalue weighted by Gasteiger charge is -2.31. The number of nitrogens with zero attached hydrogens (tertiary/aromatic N) is 1. The molecule has 2 rings (SSSR count). The van der Waals surface area contributed by atoms with Gasteiger partial charge in [-0.05, 0) is 73.3 Å². The van der Waals surface area contributed by atoms with Gasteiger partial charge in [-0.15, -0.1) is 12.4 Å². The molecule has 0 saturated carbocycles. The predicted molar refractivity (Wildman–Crippen MR) is 83.8 cm³/mol. The molecular weight excluding hydrogens is 347 g/mol. The van der Waals surface area contributed by atoms with Gasteiger partial charge in [0.15, 0.2) is 0 Å². The molecule has 0 aromatic heterocycles. The number of halogens is 2. The van der Waals surface area contributed by atoms with Gasteiger partial charge in [-0.3, -0.25) is 4.90 Å². The second-order valence-corrected chi connectivity index (χ2v) is 5.71. The maximum atomic E-state index is 3.37. The van der Waals surface area contributed by atoms with Crippen LogP contribution in [0.15, 0.2) is 24.3 Å². The summed E-state index contributed by atoms with van der Waals surface area (Å²) in [6, 6.07) is 9.60. The first kappa shape index (κ1) is 15.2. The van der Waals surface area contributed by atoms with E-state index in [9.17, 15) is 0 Å². The van der Waals surface area contributed by atoms with Gasteiger partial charge >= 0.3 is 0 Å². The molecule has 1 fully saturated rings. The number of hydrogen-bond donors (Lipinski definition) is 1. The zero-order valence-corrected chi connectivity index (χ0v) is 13.1. The number of hydrogen-bond acceptors (Lipinski definition) is 2. The first-order chi connectivity index (χ1) is 7.78. The summed E-state index contributed by atoms with van der Waals surface area (Å²) in [5, 5.41) is 3.37. The Hall–Kier alpha value is 0.160. The average molecular weight is 367 g/mol. The van der Waals surface area contributed by atoms with Gasteiger partial charge in [-0.25, -0.2) is 0 Å². The minimum atomic E-state index is 0. The Morgan fingerprint density at radius 2 is 1.82 bits per heavy atom. The third-order valence-corrected chi connectivity index (χ3v) is 4.03. The molecule has 1 aliphatic rings. The molecule has 0 atom stereocenters. The molecule has 0 unspecified atom stereocenters. The molecule has 1 aliphatic heterocycles. The van der Waals surface area contributed by atoms with Crippen LogP contribution in [0.3, 0.4) is 0 Å². The minimum Gasteiger partial charge on any atom is -0.317 e. The molecule has 1 heterocycles. The van der Waals surface area contributed by atoms with Gasteiger partial charge in [-0.1, -0.05) is 12.1 Å². The van der Waals surface area contributed by atoms with E-state index in [1.807, 2.05) is 0 Å². The standard InChI is InChI=1S/C13H19IN2.ClH/c1-15-13-6-8-16(9-7-13)10-11-2-4-12(14)5-3-11;/h2-5,13,15H,6-10H2,1H3;1H. The average Bonchev–Trinajstić information content (AvgIpc) is 2.33. The van der Waals surface area contributed by atoms with Crippen molar-refractivity contribution < 1.29 is 0 Å². The van der Waals surface area contributed by atoms with E-state index in [1.54, 1.807) is 0 Å². The lowest BCUT2D eigenvalue weighted by Crippen LogP contribution is -2.40. The molecule has 0 radical (unpaired) electrons. The predicted octanol–water partition coefficient (Wildman–Crippen LogP) is 2.90. The Labute approximate surface area is 124 Å². The quantitative estimate of drug-likeness (QED) is 0.828. The molecule has 96 valence electrons. The summed E-state index contributed by atoms with van der Waals surface area (Å²) in [7, 11) is 2.07. The number of benzene rings is 1. The van der Waals surface area contributed by atoms with Gasteiger partial charge in [0, 0.05) is 16.2 Å². The molecule has 1 saturated heterocycles. The third-order valence-electron chi connectivity index (χ3n) is 3.32. The summed E-state index contributed by atoms with van der Waals surface area (Å²) in [5.74, 6) is 0. The van der Waals surface area contributed by atoms with E-state index in [0.717, 1.165) is 12.6 Å². The summed E-state index contributed by atoms with van der Waals surface area (Å²) >= 11 is 2.35. The maximum absolute atomic E-state index is 3.37. The number of piperidine rings is 1. The van der Waals surface area contributed by atoms with Crippen molar-refractivity contribution in [2.75, 3.05) is 20.1 Å². The number of rotatable bonds is 3. The van der Waals surface area contributed by atoms with Crippen LogP contribution in [-0.4, -0.2) is 31.1 Å². The molecular formula is C13H20ClIN2. The second-order valence-electron chi connectivity index (χ2n) is 4.47. The summed E-state index contributed by atoms with van der Waals surface area (Å²) in [5.41, 5.74) is 1.43. The summed E-state index contributed by atoms with van der Waals surface area (Å²) in [4.78, 5) is 2.55. The Morgan fingerprint density at radius 1 is 1.24 bits per heavy atom. The molecule has 1 aromatic rings. The minimum absolute atomic E-state index is 0. The van der Waals surface area contributed by atoms with Crippen molar-refractivity contribution in [1.29, 1.82) is 0 Å². The van der Waals surface area contributed by atoms with Crippen molar-refractivity contribution in [1.82, 2.24) is 10.2 Å². The largest absolute Gasteiger partial charge is 0.317 e. The van der Waals surface area contributed by atoms with Crippen LogP contribution >= 0.6 is 35.0 Å². The zero-order chi connectivity index (χ0) is 11.4. The van der Waals surface area contributed by atoms with Crippen LogP contribution in [0, 0.1) is 3.57 Å². The van der Waals surface area contributed by atoms with E-state index in [-0.39, 0.29) is 12.4 Å². The van der Waals surface area contributed by atoms with Crippen molar-refractivity contribution >= 4 is 35.0 Å². The Bertz CT molecular complexity index is 321. The number of nitrogens with one attached hydrogen (secondary N) is 1. The highest BCUT2D eigenvalue weighted by molar-refractivity contribution is 14.1. The molecule has 2 nitrogen and oxygen atoms in total. The van der Waals surface area contributed by atoms with Crippen molar-refractivity contribution in [3.8, 4) is 0 Å². The Balaban J connectivity index is 0.00000144. The Kier molecular flexibility index (Phi) is 6.77. The van der Waals surface area contributed by atoms with Crippen LogP contribution < -0.4 is 5.32 Å². The van der Waals surface area contributed by atoms with Crippen LogP contribution in [0.25, 0.3) is 0 Å².